The average molecular weight is 228 g/mol. The van der Waals surface area contributed by atoms with Crippen LogP contribution in [0.4, 0.5) is 4.79 Å². The van der Waals surface area contributed by atoms with Gasteiger partial charge >= 0.3 is 12.0 Å². The molecule has 2 amide bonds. The summed E-state index contributed by atoms with van der Waals surface area (Å²) in [7, 11) is 0. The Balaban J connectivity index is 1.95. The molecule has 6 heteroatoms. The van der Waals surface area contributed by atoms with Crippen molar-refractivity contribution >= 4 is 12.0 Å². The Labute approximate surface area is 93.2 Å². The third-order valence-electron chi connectivity index (χ3n) is 3.26. The van der Waals surface area contributed by atoms with Gasteiger partial charge in [-0.1, -0.05) is 0 Å². The first-order valence-corrected chi connectivity index (χ1v) is 5.56. The number of aliphatic carboxylic acids is 1. The van der Waals surface area contributed by atoms with Crippen LogP contribution in [0, 0.1) is 0 Å². The first-order valence-electron chi connectivity index (χ1n) is 5.56. The highest BCUT2D eigenvalue weighted by molar-refractivity contribution is 5.83. The Bertz CT molecular complexity index is 303. The van der Waals surface area contributed by atoms with Crippen molar-refractivity contribution in [1.82, 2.24) is 10.2 Å². The van der Waals surface area contributed by atoms with Crippen molar-refractivity contribution in [2.45, 2.75) is 43.9 Å². The van der Waals surface area contributed by atoms with E-state index >= 15 is 0 Å². The maximum Gasteiger partial charge on any atom is 0.326 e. The van der Waals surface area contributed by atoms with E-state index in [9.17, 15) is 14.7 Å². The van der Waals surface area contributed by atoms with Crippen LogP contribution < -0.4 is 5.32 Å². The van der Waals surface area contributed by atoms with Gasteiger partial charge in [-0.15, -0.1) is 0 Å². The molecule has 3 N–H and O–H groups in total. The number of amides is 2. The van der Waals surface area contributed by atoms with Gasteiger partial charge in [0.25, 0.3) is 0 Å². The summed E-state index contributed by atoms with van der Waals surface area (Å²) in [5.74, 6) is -1.06. The van der Waals surface area contributed by atoms with Gasteiger partial charge in [0.2, 0.25) is 0 Å². The summed E-state index contributed by atoms with van der Waals surface area (Å²) in [4.78, 5) is 23.9. The maximum absolute atomic E-state index is 11.7. The van der Waals surface area contributed by atoms with Gasteiger partial charge in [0.15, 0.2) is 0 Å². The summed E-state index contributed by atoms with van der Waals surface area (Å²) in [5, 5.41) is 21.1. The highest BCUT2D eigenvalue weighted by Gasteiger charge is 2.39. The lowest BCUT2D eigenvalue weighted by molar-refractivity contribution is -0.141. The number of hydrogen-bond donors (Lipinski definition) is 3. The van der Waals surface area contributed by atoms with E-state index in [1.54, 1.807) is 0 Å². The first kappa shape index (κ1) is 11.2. The summed E-state index contributed by atoms with van der Waals surface area (Å²) < 4.78 is 0. The number of carbonyl (C=O) groups excluding carboxylic acids is 1. The second-order valence-corrected chi connectivity index (χ2v) is 4.47. The highest BCUT2D eigenvalue weighted by atomic mass is 16.4. The molecule has 1 heterocycles. The van der Waals surface area contributed by atoms with Gasteiger partial charge in [-0.2, -0.15) is 0 Å². The fourth-order valence-electron chi connectivity index (χ4n) is 2.08. The number of carboxylic acid groups (broad SMARTS) is 1. The van der Waals surface area contributed by atoms with Crippen molar-refractivity contribution in [3.8, 4) is 0 Å². The van der Waals surface area contributed by atoms with Crippen molar-refractivity contribution in [2.75, 3.05) is 6.54 Å². The van der Waals surface area contributed by atoms with Crippen LogP contribution in [0.1, 0.15) is 25.7 Å². The lowest BCUT2D eigenvalue weighted by Crippen LogP contribution is -2.50. The second kappa shape index (κ2) is 4.29. The molecular formula is C10H16N2O4. The topological polar surface area (TPSA) is 89.9 Å². The van der Waals surface area contributed by atoms with Gasteiger partial charge in [-0.05, 0) is 19.3 Å². The van der Waals surface area contributed by atoms with E-state index in [1.807, 2.05) is 0 Å². The van der Waals surface area contributed by atoms with Crippen LogP contribution in [-0.4, -0.2) is 51.8 Å². The maximum atomic E-state index is 11.7. The molecule has 2 rings (SSSR count). The number of urea groups is 1. The minimum Gasteiger partial charge on any atom is -0.480 e. The van der Waals surface area contributed by atoms with Crippen molar-refractivity contribution in [1.29, 1.82) is 0 Å². The van der Waals surface area contributed by atoms with Gasteiger partial charge in [0, 0.05) is 19.0 Å². The van der Waals surface area contributed by atoms with Crippen LogP contribution in [0.25, 0.3) is 0 Å². The third-order valence-corrected chi connectivity index (χ3v) is 3.26. The smallest absolute Gasteiger partial charge is 0.326 e. The van der Waals surface area contributed by atoms with Gasteiger partial charge in [-0.3, -0.25) is 0 Å². The number of nitrogens with zero attached hydrogens (tertiary/aromatic N) is 1. The van der Waals surface area contributed by atoms with Crippen molar-refractivity contribution < 1.29 is 19.8 Å². The van der Waals surface area contributed by atoms with Crippen molar-refractivity contribution in [3.63, 3.8) is 0 Å². The SMILES string of the molecule is O=C(O)[C@@H]1CC(O)CN1C(=O)NC1CCC1. The molecule has 2 aliphatic rings. The number of hydrogen-bond acceptors (Lipinski definition) is 3. The summed E-state index contributed by atoms with van der Waals surface area (Å²) in [6, 6.07) is -1.08. The standard InChI is InChI=1S/C10H16N2O4/c13-7-4-8(9(14)15)12(5-7)10(16)11-6-2-1-3-6/h6-8,13H,1-5H2,(H,11,16)(H,14,15)/t7?,8-/m0/s1. The molecule has 0 bridgehead atoms. The van der Waals surface area contributed by atoms with E-state index in [0.29, 0.717) is 0 Å². The van der Waals surface area contributed by atoms with Crippen LogP contribution in [0.15, 0.2) is 0 Å². The molecule has 0 aromatic carbocycles. The Hall–Kier alpha value is -1.30. The number of likely N-dealkylation sites (tertiary alicyclic amines) is 1. The molecule has 2 atom stereocenters. The van der Waals surface area contributed by atoms with E-state index in [4.69, 9.17) is 5.11 Å². The number of carboxylic acids is 1. The number of β-amino-alcohol motifs (C(OH)–C–C–N with tert-alkyl or cyclic N) is 1. The van der Waals surface area contributed by atoms with Gasteiger partial charge in [0.1, 0.15) is 6.04 Å². The van der Waals surface area contributed by atoms with Crippen LogP contribution in [-0.2, 0) is 4.79 Å². The summed E-state index contributed by atoms with van der Waals surface area (Å²) in [6.45, 7) is 0.107. The molecule has 1 saturated carbocycles. The van der Waals surface area contributed by atoms with Gasteiger partial charge in [-0.25, -0.2) is 9.59 Å². The molecule has 1 unspecified atom stereocenters. The lowest BCUT2D eigenvalue weighted by Gasteiger charge is -2.30. The number of rotatable bonds is 2. The Morgan fingerprint density at radius 1 is 1.31 bits per heavy atom. The van der Waals surface area contributed by atoms with Gasteiger partial charge < -0.3 is 20.4 Å². The quantitative estimate of drug-likeness (QED) is 0.609. The van der Waals surface area contributed by atoms with Crippen molar-refractivity contribution in [3.05, 3.63) is 0 Å². The van der Waals surface area contributed by atoms with E-state index < -0.39 is 18.1 Å². The Morgan fingerprint density at radius 3 is 2.50 bits per heavy atom. The summed E-state index contributed by atoms with van der Waals surface area (Å²) in [5.41, 5.74) is 0. The molecule has 0 aromatic rings. The number of aliphatic hydroxyl groups is 1. The minimum atomic E-state index is -1.06. The number of nitrogens with one attached hydrogen (secondary N) is 1. The molecule has 1 aliphatic carbocycles. The fraction of sp³-hybridized carbons (Fsp3) is 0.800. The molecule has 1 saturated heterocycles. The minimum absolute atomic E-state index is 0.107. The number of carbonyl (C=O) groups is 2. The average Bonchev–Trinajstić information content (AvgIpc) is 2.53. The Morgan fingerprint density at radius 2 is 2.00 bits per heavy atom. The molecule has 0 spiro atoms. The van der Waals surface area contributed by atoms with Gasteiger partial charge in [0.05, 0.1) is 6.10 Å². The molecule has 0 radical (unpaired) electrons. The predicted molar refractivity (Wildman–Crippen MR) is 54.9 cm³/mol. The number of aliphatic hydroxyl groups excluding tert-OH is 1. The molecule has 2 fully saturated rings. The van der Waals surface area contributed by atoms with E-state index in [-0.39, 0.29) is 25.0 Å². The van der Waals surface area contributed by atoms with Crippen LogP contribution in [0.2, 0.25) is 0 Å². The Kier molecular flexibility index (Phi) is 3.00. The predicted octanol–water partition coefficient (Wildman–Crippen LogP) is -0.232. The van der Waals surface area contributed by atoms with Crippen LogP contribution >= 0.6 is 0 Å². The summed E-state index contributed by atoms with van der Waals surface area (Å²) >= 11 is 0. The third kappa shape index (κ3) is 2.11. The normalized spacial score (nSPS) is 29.9. The van der Waals surface area contributed by atoms with E-state index in [0.717, 1.165) is 19.3 Å². The molecular weight excluding hydrogens is 212 g/mol. The summed E-state index contributed by atoms with van der Waals surface area (Å²) in [6.07, 6.45) is 2.41. The van der Waals surface area contributed by atoms with Crippen LogP contribution in [0.3, 0.4) is 0 Å². The molecule has 0 aromatic heterocycles. The monoisotopic (exact) mass is 228 g/mol. The molecule has 1 aliphatic heterocycles. The zero-order valence-corrected chi connectivity index (χ0v) is 8.93. The molecule has 6 nitrogen and oxygen atoms in total. The van der Waals surface area contributed by atoms with Crippen LogP contribution in [0.5, 0.6) is 0 Å². The molecule has 16 heavy (non-hydrogen) atoms. The lowest BCUT2D eigenvalue weighted by atomic mass is 9.93. The zero-order chi connectivity index (χ0) is 11.7. The molecule has 90 valence electrons. The second-order valence-electron chi connectivity index (χ2n) is 4.47. The van der Waals surface area contributed by atoms with E-state index in [2.05, 4.69) is 5.32 Å². The zero-order valence-electron chi connectivity index (χ0n) is 8.93. The highest BCUT2D eigenvalue weighted by Crippen LogP contribution is 2.21. The van der Waals surface area contributed by atoms with Crippen molar-refractivity contribution in [2.24, 2.45) is 0 Å². The fourth-order valence-corrected chi connectivity index (χ4v) is 2.08. The van der Waals surface area contributed by atoms with E-state index in [1.165, 1.54) is 4.90 Å². The first-order chi connectivity index (χ1) is 7.58. The largest absolute Gasteiger partial charge is 0.480 e.